The van der Waals surface area contributed by atoms with Crippen molar-refractivity contribution in [3.8, 4) is 0 Å². The highest BCUT2D eigenvalue weighted by Crippen LogP contribution is 2.00. The van der Waals surface area contributed by atoms with Gasteiger partial charge in [0.25, 0.3) is 0 Å². The Balaban J connectivity index is 4.00. The molecule has 1 radical (unpaired) electrons. The fourth-order valence-corrected chi connectivity index (χ4v) is 1.35. The zero-order valence-electron chi connectivity index (χ0n) is 10.2. The van der Waals surface area contributed by atoms with Crippen LogP contribution in [0.1, 0.15) is 32.1 Å². The maximum absolute atomic E-state index is 11.6. The first-order valence-electron chi connectivity index (χ1n) is 5.86. The van der Waals surface area contributed by atoms with Crippen molar-refractivity contribution in [1.29, 1.82) is 0 Å². The molecule has 1 amide bonds. The van der Waals surface area contributed by atoms with Crippen LogP contribution in [0.3, 0.4) is 0 Å². The normalized spacial score (nSPS) is 13.7. The van der Waals surface area contributed by atoms with E-state index in [1.165, 1.54) is 0 Å². The second-order valence-electron chi connectivity index (χ2n) is 4.00. The van der Waals surface area contributed by atoms with Gasteiger partial charge in [0.2, 0.25) is 12.2 Å². The molecule has 0 aromatic rings. The molecule has 0 spiro atoms. The highest BCUT2D eigenvalue weighted by molar-refractivity contribution is 5.84. The molecule has 0 aliphatic heterocycles. The molecule has 18 heavy (non-hydrogen) atoms. The maximum Gasteiger partial charge on any atom is 0.303 e. The van der Waals surface area contributed by atoms with E-state index in [0.717, 1.165) is 12.8 Å². The van der Waals surface area contributed by atoms with E-state index in [0.29, 0.717) is 13.0 Å². The number of aliphatic carboxylic acids is 1. The average molecular weight is 258 g/mol. The molecule has 103 valence electrons. The summed E-state index contributed by atoms with van der Waals surface area (Å²) in [4.78, 5) is 32.4. The van der Waals surface area contributed by atoms with E-state index in [9.17, 15) is 14.4 Å². The molecule has 0 saturated carbocycles. The number of nitrogens with two attached hydrogens (primary N) is 2. The topological polar surface area (TPSA) is 136 Å². The van der Waals surface area contributed by atoms with Crippen LogP contribution in [0.15, 0.2) is 0 Å². The summed E-state index contributed by atoms with van der Waals surface area (Å²) in [7, 11) is 0. The highest BCUT2D eigenvalue weighted by Gasteiger charge is 2.18. The monoisotopic (exact) mass is 258 g/mol. The van der Waals surface area contributed by atoms with Crippen molar-refractivity contribution in [1.82, 2.24) is 5.32 Å². The number of amides is 1. The van der Waals surface area contributed by atoms with Gasteiger partial charge in [-0.3, -0.25) is 14.4 Å². The lowest BCUT2D eigenvalue weighted by Gasteiger charge is -2.15. The van der Waals surface area contributed by atoms with Crippen molar-refractivity contribution >= 4 is 18.2 Å². The molecule has 0 aromatic carbocycles. The minimum absolute atomic E-state index is 0.0140. The molecular weight excluding hydrogens is 238 g/mol. The van der Waals surface area contributed by atoms with Crippen LogP contribution in [0.5, 0.6) is 0 Å². The summed E-state index contributed by atoms with van der Waals surface area (Å²) in [5.41, 5.74) is 10.9. The van der Waals surface area contributed by atoms with Gasteiger partial charge in [0, 0.05) is 6.42 Å². The number of unbranched alkanes of at least 4 members (excludes halogenated alkanes) is 1. The lowest BCUT2D eigenvalue weighted by atomic mass is 10.1. The molecule has 6 N–H and O–H groups in total. The Bertz CT molecular complexity index is 283. The fourth-order valence-electron chi connectivity index (χ4n) is 1.35. The Morgan fingerprint density at radius 3 is 2.44 bits per heavy atom. The summed E-state index contributed by atoms with van der Waals surface area (Å²) in [5, 5.41) is 10.8. The van der Waals surface area contributed by atoms with Gasteiger partial charge in [0.15, 0.2) is 0 Å². The number of carbonyl (C=O) groups excluding carboxylic acids is 2. The molecule has 0 fully saturated rings. The van der Waals surface area contributed by atoms with Gasteiger partial charge in [-0.2, -0.15) is 0 Å². The first kappa shape index (κ1) is 16.5. The lowest BCUT2D eigenvalue weighted by Crippen LogP contribution is -2.46. The molecule has 0 aliphatic carbocycles. The third-order valence-electron chi connectivity index (χ3n) is 2.41. The van der Waals surface area contributed by atoms with Crippen molar-refractivity contribution in [3.05, 3.63) is 0 Å². The number of carbonyl (C=O) groups is 2. The molecule has 0 rings (SSSR count). The van der Waals surface area contributed by atoms with Crippen LogP contribution < -0.4 is 16.8 Å². The van der Waals surface area contributed by atoms with E-state index in [1.807, 2.05) is 0 Å². The summed E-state index contributed by atoms with van der Waals surface area (Å²) in [6, 6.07) is -1.63. The number of carboxylic acid groups (broad SMARTS) is 1. The average Bonchev–Trinajstić information content (AvgIpc) is 2.34. The molecular formula is C11H20N3O4. The fraction of sp³-hybridized carbons (Fsp3) is 0.727. The van der Waals surface area contributed by atoms with Gasteiger partial charge < -0.3 is 21.9 Å². The number of hydrogen-bond donors (Lipinski definition) is 4. The van der Waals surface area contributed by atoms with Crippen molar-refractivity contribution in [3.63, 3.8) is 0 Å². The predicted octanol–water partition coefficient (Wildman–Crippen LogP) is -1.10. The highest BCUT2D eigenvalue weighted by atomic mass is 16.4. The van der Waals surface area contributed by atoms with Crippen molar-refractivity contribution < 1.29 is 19.5 Å². The van der Waals surface area contributed by atoms with Gasteiger partial charge in [0.05, 0.1) is 12.1 Å². The SMILES string of the molecule is NCCCC[C@H](N)C(=O)N[C@@H]([C]=O)CCC(=O)O. The Morgan fingerprint density at radius 2 is 1.94 bits per heavy atom. The van der Waals surface area contributed by atoms with E-state index < -0.39 is 24.0 Å². The molecule has 7 nitrogen and oxygen atoms in total. The standard InChI is InChI=1S/C11H20N3O4/c12-6-2-1-3-9(13)11(18)14-8(7-15)4-5-10(16)17/h8-9H,1-6,12-13H2,(H,14,18)(H,16,17)/t8-,9+/m1/s1. The third-order valence-corrected chi connectivity index (χ3v) is 2.41. The first-order chi connectivity index (χ1) is 8.51. The van der Waals surface area contributed by atoms with Gasteiger partial charge in [-0.15, -0.1) is 0 Å². The summed E-state index contributed by atoms with van der Waals surface area (Å²) in [5.74, 6) is -1.50. The van der Waals surface area contributed by atoms with E-state index >= 15 is 0 Å². The van der Waals surface area contributed by atoms with Gasteiger partial charge in [0.1, 0.15) is 0 Å². The number of rotatable bonds is 10. The smallest absolute Gasteiger partial charge is 0.303 e. The third kappa shape index (κ3) is 7.75. The predicted molar refractivity (Wildman–Crippen MR) is 65.4 cm³/mol. The molecule has 7 heteroatoms. The van der Waals surface area contributed by atoms with Gasteiger partial charge in [-0.1, -0.05) is 6.42 Å². The van der Waals surface area contributed by atoms with Crippen LogP contribution in [0, 0.1) is 0 Å². The number of carboxylic acids is 1. The van der Waals surface area contributed by atoms with Crippen LogP contribution in [0.4, 0.5) is 0 Å². The molecule has 0 aromatic heterocycles. The zero-order chi connectivity index (χ0) is 14.0. The van der Waals surface area contributed by atoms with Crippen molar-refractivity contribution in [2.75, 3.05) is 6.54 Å². The van der Waals surface area contributed by atoms with Gasteiger partial charge >= 0.3 is 5.97 Å². The second kappa shape index (κ2) is 9.55. The first-order valence-corrected chi connectivity index (χ1v) is 5.86. The molecule has 0 bridgehead atoms. The van der Waals surface area contributed by atoms with Gasteiger partial charge in [-0.25, -0.2) is 0 Å². The molecule has 0 aliphatic rings. The minimum atomic E-state index is -1.03. The number of nitrogens with one attached hydrogen (secondary N) is 1. The van der Waals surface area contributed by atoms with Crippen molar-refractivity contribution in [2.45, 2.75) is 44.2 Å². The Morgan fingerprint density at radius 1 is 1.28 bits per heavy atom. The Labute approximate surface area is 106 Å². The Hall–Kier alpha value is -1.47. The zero-order valence-corrected chi connectivity index (χ0v) is 10.2. The van der Waals surface area contributed by atoms with E-state index in [1.54, 1.807) is 6.29 Å². The summed E-state index contributed by atoms with van der Waals surface area (Å²) in [6.45, 7) is 0.539. The van der Waals surface area contributed by atoms with Crippen LogP contribution in [-0.4, -0.2) is 41.9 Å². The van der Waals surface area contributed by atoms with Crippen LogP contribution in [-0.2, 0) is 14.4 Å². The van der Waals surface area contributed by atoms with Crippen LogP contribution >= 0.6 is 0 Å². The van der Waals surface area contributed by atoms with E-state index in [2.05, 4.69) is 5.32 Å². The van der Waals surface area contributed by atoms with Crippen LogP contribution in [0.25, 0.3) is 0 Å². The molecule has 2 atom stereocenters. The Kier molecular flexibility index (Phi) is 8.77. The van der Waals surface area contributed by atoms with E-state index in [-0.39, 0.29) is 12.8 Å². The molecule has 0 saturated heterocycles. The lowest BCUT2D eigenvalue weighted by molar-refractivity contribution is -0.137. The number of hydrogen-bond acceptors (Lipinski definition) is 5. The van der Waals surface area contributed by atoms with Gasteiger partial charge in [-0.05, 0) is 25.8 Å². The van der Waals surface area contributed by atoms with E-state index in [4.69, 9.17) is 16.6 Å². The van der Waals surface area contributed by atoms with Crippen molar-refractivity contribution in [2.24, 2.45) is 11.5 Å². The minimum Gasteiger partial charge on any atom is -0.481 e. The summed E-state index contributed by atoms with van der Waals surface area (Å²) >= 11 is 0. The summed E-state index contributed by atoms with van der Waals surface area (Å²) in [6.07, 6.45) is 3.39. The largest absolute Gasteiger partial charge is 0.481 e. The van der Waals surface area contributed by atoms with Crippen LogP contribution in [0.2, 0.25) is 0 Å². The summed E-state index contributed by atoms with van der Waals surface area (Å²) < 4.78 is 0. The quantitative estimate of drug-likeness (QED) is 0.367. The maximum atomic E-state index is 11.6. The molecule has 0 heterocycles. The second-order valence-corrected chi connectivity index (χ2v) is 4.00. The molecule has 0 unspecified atom stereocenters.